The number of unbranched alkanes of at least 4 members (excludes halogenated alkanes) is 3. The fourth-order valence-electron chi connectivity index (χ4n) is 5.95. The third kappa shape index (κ3) is 6.96. The number of benzene rings is 4. The van der Waals surface area contributed by atoms with Crippen molar-refractivity contribution in [2.75, 3.05) is 13.2 Å². The number of rotatable bonds is 12. The Labute approximate surface area is 248 Å². The molecule has 1 aliphatic carbocycles. The molecule has 1 heterocycles. The summed E-state index contributed by atoms with van der Waals surface area (Å²) >= 11 is 0. The highest BCUT2D eigenvalue weighted by molar-refractivity contribution is 5.80. The van der Waals surface area contributed by atoms with E-state index in [0.717, 1.165) is 48.4 Å². The van der Waals surface area contributed by atoms with E-state index in [0.29, 0.717) is 30.4 Å². The first-order chi connectivity index (χ1) is 20.7. The number of nitrogens with one attached hydrogen (secondary N) is 1. The Bertz CT molecular complexity index is 1530. The number of nitrogens with zero attached hydrogens (tertiary/aromatic N) is 1. The van der Waals surface area contributed by atoms with E-state index in [2.05, 4.69) is 58.5 Å². The highest BCUT2D eigenvalue weighted by Gasteiger charge is 2.15. The summed E-state index contributed by atoms with van der Waals surface area (Å²) in [7, 11) is 0. The van der Waals surface area contributed by atoms with Gasteiger partial charge in [-0.2, -0.15) is 0 Å². The van der Waals surface area contributed by atoms with Gasteiger partial charge in [0.15, 0.2) is 0 Å². The molecule has 1 fully saturated rings. The minimum absolute atomic E-state index is 0.157. The smallest absolute Gasteiger partial charge is 0.142 e. The van der Waals surface area contributed by atoms with Gasteiger partial charge in [-0.25, -0.2) is 4.98 Å². The number of fused-ring (bicyclic) bond motifs is 1. The van der Waals surface area contributed by atoms with Gasteiger partial charge in [0.05, 0.1) is 29.8 Å². The van der Waals surface area contributed by atoms with Crippen molar-refractivity contribution >= 4 is 11.0 Å². The highest BCUT2D eigenvalue weighted by atomic mass is 16.5. The minimum Gasteiger partial charge on any atom is -0.507 e. The number of aromatic hydroxyl groups is 1. The van der Waals surface area contributed by atoms with E-state index in [1.165, 1.54) is 48.8 Å². The standard InChI is InChI=1S/C37H40N2O3/c40-36-26-32(22-23-33(36)37-38-34-12-6-7-13-35(34)39-37)42-25-9-2-1-8-24-41-31-20-18-30(19-21-31)29-16-14-28(15-17-29)27-10-4-3-5-11-27/h6-7,12-23,26-27,40H,1-5,8-11,24-25H2,(H,38,39). The minimum atomic E-state index is 0.157. The molecule has 1 aromatic heterocycles. The molecular weight excluding hydrogens is 520 g/mol. The van der Waals surface area contributed by atoms with Gasteiger partial charge in [-0.3, -0.25) is 0 Å². The lowest BCUT2D eigenvalue weighted by atomic mass is 9.84. The average molecular weight is 561 g/mol. The van der Waals surface area contributed by atoms with Crippen molar-refractivity contribution in [2.45, 2.75) is 63.7 Å². The normalized spacial score (nSPS) is 13.8. The molecule has 0 unspecified atom stereocenters. The summed E-state index contributed by atoms with van der Waals surface area (Å²) in [4.78, 5) is 7.83. The second-order valence-corrected chi connectivity index (χ2v) is 11.4. The van der Waals surface area contributed by atoms with Gasteiger partial charge in [0, 0.05) is 6.07 Å². The van der Waals surface area contributed by atoms with Crippen LogP contribution in [0, 0.1) is 0 Å². The Hall–Kier alpha value is -4.25. The molecule has 0 amide bonds. The predicted molar refractivity (Wildman–Crippen MR) is 170 cm³/mol. The summed E-state index contributed by atoms with van der Waals surface area (Å²) < 4.78 is 11.9. The van der Waals surface area contributed by atoms with Crippen molar-refractivity contribution < 1.29 is 14.6 Å². The SMILES string of the molecule is Oc1cc(OCCCCCCOc2ccc(-c3ccc(C4CCCCC4)cc3)cc2)ccc1-c1nc2ccccc2[nH]1. The van der Waals surface area contributed by atoms with Crippen LogP contribution in [0.1, 0.15) is 69.3 Å². The second kappa shape index (κ2) is 13.6. The van der Waals surface area contributed by atoms with Crippen LogP contribution in [0.5, 0.6) is 17.2 Å². The molecular formula is C37H40N2O3. The highest BCUT2D eigenvalue weighted by Crippen LogP contribution is 2.34. The number of imidazole rings is 1. The van der Waals surface area contributed by atoms with Gasteiger partial charge in [-0.15, -0.1) is 0 Å². The Morgan fingerprint density at radius 3 is 2.02 bits per heavy atom. The van der Waals surface area contributed by atoms with E-state index in [1.54, 1.807) is 6.07 Å². The third-order valence-corrected chi connectivity index (χ3v) is 8.36. The number of ether oxygens (including phenoxy) is 2. The monoisotopic (exact) mass is 560 g/mol. The molecule has 0 aliphatic heterocycles. The molecule has 0 saturated heterocycles. The van der Waals surface area contributed by atoms with Gasteiger partial charge in [0.25, 0.3) is 0 Å². The second-order valence-electron chi connectivity index (χ2n) is 11.4. The molecule has 42 heavy (non-hydrogen) atoms. The maximum absolute atomic E-state index is 10.5. The van der Waals surface area contributed by atoms with Crippen LogP contribution in [-0.2, 0) is 0 Å². The lowest BCUT2D eigenvalue weighted by Crippen LogP contribution is -2.04. The molecule has 0 spiro atoms. The molecule has 1 aliphatic rings. The zero-order chi connectivity index (χ0) is 28.6. The van der Waals surface area contributed by atoms with Crippen molar-refractivity contribution in [2.24, 2.45) is 0 Å². The Morgan fingerprint density at radius 1 is 0.690 bits per heavy atom. The topological polar surface area (TPSA) is 67.4 Å². The number of hydrogen-bond donors (Lipinski definition) is 2. The third-order valence-electron chi connectivity index (χ3n) is 8.36. The molecule has 5 aromatic rings. The Morgan fingerprint density at radius 2 is 1.33 bits per heavy atom. The maximum Gasteiger partial charge on any atom is 0.142 e. The van der Waals surface area contributed by atoms with Gasteiger partial charge < -0.3 is 19.6 Å². The van der Waals surface area contributed by atoms with Crippen LogP contribution in [0.4, 0.5) is 0 Å². The number of phenols is 1. The first-order valence-electron chi connectivity index (χ1n) is 15.5. The van der Waals surface area contributed by atoms with Crippen LogP contribution in [0.2, 0.25) is 0 Å². The zero-order valence-corrected chi connectivity index (χ0v) is 24.2. The molecule has 2 N–H and O–H groups in total. The largest absolute Gasteiger partial charge is 0.507 e. The lowest BCUT2D eigenvalue weighted by Gasteiger charge is -2.22. The lowest BCUT2D eigenvalue weighted by molar-refractivity contribution is 0.287. The van der Waals surface area contributed by atoms with E-state index in [9.17, 15) is 5.11 Å². The first kappa shape index (κ1) is 27.9. The maximum atomic E-state index is 10.5. The summed E-state index contributed by atoms with van der Waals surface area (Å²) in [6.07, 6.45) is 10.9. The molecule has 0 bridgehead atoms. The molecule has 216 valence electrons. The summed E-state index contributed by atoms with van der Waals surface area (Å²) in [5, 5.41) is 10.5. The van der Waals surface area contributed by atoms with Crippen LogP contribution >= 0.6 is 0 Å². The number of phenolic OH excluding ortho intramolecular Hbond substituents is 1. The number of aromatic amines is 1. The summed E-state index contributed by atoms with van der Waals surface area (Å²) in [6, 6.07) is 30.9. The van der Waals surface area contributed by atoms with Crippen molar-refractivity contribution in [3.63, 3.8) is 0 Å². The van der Waals surface area contributed by atoms with E-state index < -0.39 is 0 Å². The first-order valence-corrected chi connectivity index (χ1v) is 15.5. The van der Waals surface area contributed by atoms with Gasteiger partial charge in [0.1, 0.15) is 23.1 Å². The summed E-state index contributed by atoms with van der Waals surface area (Å²) in [5.41, 5.74) is 6.48. The van der Waals surface area contributed by atoms with Crippen LogP contribution in [0.25, 0.3) is 33.5 Å². The molecule has 5 nitrogen and oxygen atoms in total. The van der Waals surface area contributed by atoms with E-state index in [1.807, 2.05) is 36.4 Å². The van der Waals surface area contributed by atoms with Crippen LogP contribution in [0.15, 0.2) is 91.0 Å². The van der Waals surface area contributed by atoms with Crippen molar-refractivity contribution in [3.05, 3.63) is 96.6 Å². The number of H-pyrrole nitrogens is 1. The predicted octanol–water partition coefficient (Wildman–Crippen LogP) is 9.67. The number of aromatic nitrogens is 2. The van der Waals surface area contributed by atoms with E-state index in [-0.39, 0.29) is 5.75 Å². The number of hydrogen-bond acceptors (Lipinski definition) is 4. The molecule has 1 saturated carbocycles. The fourth-order valence-corrected chi connectivity index (χ4v) is 5.95. The summed E-state index contributed by atoms with van der Waals surface area (Å²) in [5.74, 6) is 3.14. The zero-order valence-electron chi connectivity index (χ0n) is 24.2. The van der Waals surface area contributed by atoms with Crippen LogP contribution in [-0.4, -0.2) is 28.3 Å². The van der Waals surface area contributed by atoms with E-state index >= 15 is 0 Å². The van der Waals surface area contributed by atoms with E-state index in [4.69, 9.17) is 9.47 Å². The summed E-state index contributed by atoms with van der Waals surface area (Å²) in [6.45, 7) is 1.33. The molecule has 6 rings (SSSR count). The van der Waals surface area contributed by atoms with Crippen LogP contribution < -0.4 is 9.47 Å². The van der Waals surface area contributed by atoms with Crippen LogP contribution in [0.3, 0.4) is 0 Å². The van der Waals surface area contributed by atoms with Gasteiger partial charge in [-0.05, 0) is 97.5 Å². The Balaban J connectivity index is 0.874. The quantitative estimate of drug-likeness (QED) is 0.149. The molecule has 0 atom stereocenters. The number of para-hydroxylation sites is 2. The van der Waals surface area contributed by atoms with Crippen molar-refractivity contribution in [1.82, 2.24) is 9.97 Å². The van der Waals surface area contributed by atoms with Gasteiger partial charge in [0.2, 0.25) is 0 Å². The average Bonchev–Trinajstić information content (AvgIpc) is 3.47. The Kier molecular flexibility index (Phi) is 9.04. The molecule has 5 heteroatoms. The van der Waals surface area contributed by atoms with Gasteiger partial charge >= 0.3 is 0 Å². The van der Waals surface area contributed by atoms with Gasteiger partial charge in [-0.1, -0.05) is 67.8 Å². The van der Waals surface area contributed by atoms with Crippen molar-refractivity contribution in [3.8, 4) is 39.8 Å². The molecule has 0 radical (unpaired) electrons. The molecule has 4 aromatic carbocycles. The fraction of sp³-hybridized carbons (Fsp3) is 0.324. The van der Waals surface area contributed by atoms with Crippen molar-refractivity contribution in [1.29, 1.82) is 0 Å².